The Balaban J connectivity index is 2.35. The highest BCUT2D eigenvalue weighted by Crippen LogP contribution is 2.28. The number of para-hydroxylation sites is 1. The maximum absolute atomic E-state index is 3.63. The van der Waals surface area contributed by atoms with Crippen LogP contribution in [0.2, 0.25) is 0 Å². The Morgan fingerprint density at radius 2 is 1.71 bits per heavy atom. The van der Waals surface area contributed by atoms with Gasteiger partial charge in [-0.05, 0) is 52.7 Å². The molecule has 2 heteroatoms. The Kier molecular flexibility index (Phi) is 2.52. The van der Waals surface area contributed by atoms with E-state index in [-0.39, 0.29) is 0 Å². The normalized spacial score (nSPS) is 10.9. The van der Waals surface area contributed by atoms with Gasteiger partial charge in [0.05, 0.1) is 10.1 Å². The molecule has 84 valence electrons. The van der Waals surface area contributed by atoms with Gasteiger partial charge in [-0.2, -0.15) is 0 Å². The molecule has 3 rings (SSSR count). The molecule has 0 unspecified atom stereocenters. The maximum atomic E-state index is 3.63. The fraction of sp³-hybridized carbons (Fsp3) is 0.0667. The highest BCUT2D eigenvalue weighted by atomic mass is 79.9. The van der Waals surface area contributed by atoms with Crippen LogP contribution in [0.5, 0.6) is 0 Å². The van der Waals surface area contributed by atoms with Crippen molar-refractivity contribution in [2.45, 2.75) is 6.92 Å². The summed E-state index contributed by atoms with van der Waals surface area (Å²) in [5, 5.41) is 1.26. The molecule has 2 aromatic carbocycles. The molecule has 0 radical (unpaired) electrons. The number of hydrogen-bond acceptors (Lipinski definition) is 0. The molecule has 0 saturated heterocycles. The Morgan fingerprint density at radius 3 is 2.47 bits per heavy atom. The Labute approximate surface area is 109 Å². The lowest BCUT2D eigenvalue weighted by molar-refractivity contribution is 1.09. The summed E-state index contributed by atoms with van der Waals surface area (Å²) in [5.74, 6) is 0. The molecule has 1 nitrogen and oxygen atoms in total. The van der Waals surface area contributed by atoms with E-state index < -0.39 is 0 Å². The summed E-state index contributed by atoms with van der Waals surface area (Å²) in [4.78, 5) is 0. The van der Waals surface area contributed by atoms with Crippen LogP contribution < -0.4 is 0 Å². The van der Waals surface area contributed by atoms with Gasteiger partial charge in [-0.3, -0.25) is 0 Å². The lowest BCUT2D eigenvalue weighted by Gasteiger charge is -2.07. The number of benzene rings is 2. The summed E-state index contributed by atoms with van der Waals surface area (Å²) in [6.07, 6.45) is 0. The Morgan fingerprint density at radius 1 is 0.941 bits per heavy atom. The largest absolute Gasteiger partial charge is 0.304 e. The van der Waals surface area contributed by atoms with Crippen LogP contribution in [0, 0.1) is 6.92 Å². The van der Waals surface area contributed by atoms with E-state index in [9.17, 15) is 0 Å². The lowest BCUT2D eigenvalue weighted by atomic mass is 10.2. The highest BCUT2D eigenvalue weighted by molar-refractivity contribution is 9.10. The van der Waals surface area contributed by atoms with Crippen molar-refractivity contribution in [1.82, 2.24) is 4.57 Å². The van der Waals surface area contributed by atoms with E-state index in [2.05, 4.69) is 76.0 Å². The van der Waals surface area contributed by atoms with Gasteiger partial charge in [0.2, 0.25) is 0 Å². The standard InChI is InChI=1S/C15H12BrN/c1-11-7-8-12-10-15(16)17(14(12)9-11)13-5-3-2-4-6-13/h2-10H,1H3. The van der Waals surface area contributed by atoms with Gasteiger partial charge in [0.15, 0.2) is 0 Å². The number of aromatic nitrogens is 1. The summed E-state index contributed by atoms with van der Waals surface area (Å²) in [5.41, 5.74) is 3.70. The fourth-order valence-electron chi connectivity index (χ4n) is 2.12. The second-order valence-corrected chi connectivity index (χ2v) is 5.01. The smallest absolute Gasteiger partial charge is 0.0903 e. The molecule has 0 aliphatic rings. The summed E-state index contributed by atoms with van der Waals surface area (Å²) >= 11 is 3.63. The second kappa shape index (κ2) is 4.04. The summed E-state index contributed by atoms with van der Waals surface area (Å²) in [6.45, 7) is 2.12. The zero-order chi connectivity index (χ0) is 11.8. The molecule has 0 aliphatic carbocycles. The van der Waals surface area contributed by atoms with Crippen LogP contribution in [0.4, 0.5) is 0 Å². The molecular formula is C15H12BrN. The van der Waals surface area contributed by atoms with Crippen molar-refractivity contribution in [2.75, 3.05) is 0 Å². The van der Waals surface area contributed by atoms with Gasteiger partial charge in [0.25, 0.3) is 0 Å². The highest BCUT2D eigenvalue weighted by Gasteiger charge is 2.07. The van der Waals surface area contributed by atoms with Crippen LogP contribution in [0.15, 0.2) is 59.2 Å². The summed E-state index contributed by atoms with van der Waals surface area (Å²) < 4.78 is 3.31. The van der Waals surface area contributed by atoms with Crippen molar-refractivity contribution in [3.05, 3.63) is 64.8 Å². The monoisotopic (exact) mass is 285 g/mol. The van der Waals surface area contributed by atoms with Crippen LogP contribution >= 0.6 is 15.9 Å². The molecule has 0 N–H and O–H groups in total. The molecule has 0 atom stereocenters. The summed E-state index contributed by atoms with van der Waals surface area (Å²) in [6, 6.07) is 19.1. The number of halogens is 1. The molecule has 0 fully saturated rings. The van der Waals surface area contributed by atoms with E-state index in [0.717, 1.165) is 4.60 Å². The number of rotatable bonds is 1. The minimum Gasteiger partial charge on any atom is -0.304 e. The van der Waals surface area contributed by atoms with Crippen molar-refractivity contribution in [3.8, 4) is 5.69 Å². The third-order valence-electron chi connectivity index (χ3n) is 2.93. The van der Waals surface area contributed by atoms with Gasteiger partial charge in [-0.15, -0.1) is 0 Å². The molecule has 1 heterocycles. The van der Waals surface area contributed by atoms with Gasteiger partial charge in [0, 0.05) is 11.1 Å². The zero-order valence-electron chi connectivity index (χ0n) is 9.52. The van der Waals surface area contributed by atoms with Crippen molar-refractivity contribution < 1.29 is 0 Å². The van der Waals surface area contributed by atoms with Crippen LogP contribution in [-0.4, -0.2) is 4.57 Å². The van der Waals surface area contributed by atoms with Crippen LogP contribution in [0.3, 0.4) is 0 Å². The topological polar surface area (TPSA) is 4.93 Å². The van der Waals surface area contributed by atoms with E-state index in [0.29, 0.717) is 0 Å². The third-order valence-corrected chi connectivity index (χ3v) is 3.51. The third kappa shape index (κ3) is 1.79. The molecule has 1 aromatic heterocycles. The molecule has 0 amide bonds. The van der Waals surface area contributed by atoms with Crippen molar-refractivity contribution in [1.29, 1.82) is 0 Å². The number of hydrogen-bond donors (Lipinski definition) is 0. The summed E-state index contributed by atoms with van der Waals surface area (Å²) in [7, 11) is 0. The Bertz CT molecular complexity index is 668. The first-order chi connectivity index (χ1) is 8.25. The SMILES string of the molecule is Cc1ccc2cc(Br)n(-c3ccccc3)c2c1. The number of fused-ring (bicyclic) bond motifs is 1. The number of nitrogens with zero attached hydrogens (tertiary/aromatic N) is 1. The zero-order valence-corrected chi connectivity index (χ0v) is 11.1. The molecular weight excluding hydrogens is 274 g/mol. The van der Waals surface area contributed by atoms with E-state index in [1.54, 1.807) is 0 Å². The first kappa shape index (κ1) is 10.6. The minimum atomic E-state index is 1.09. The average Bonchev–Trinajstić information content (AvgIpc) is 2.65. The van der Waals surface area contributed by atoms with Gasteiger partial charge in [-0.25, -0.2) is 0 Å². The number of aryl methyl sites for hydroxylation is 1. The van der Waals surface area contributed by atoms with Gasteiger partial charge in [0.1, 0.15) is 0 Å². The lowest BCUT2D eigenvalue weighted by Crippen LogP contribution is -1.93. The maximum Gasteiger partial charge on any atom is 0.0903 e. The van der Waals surface area contributed by atoms with Crippen LogP contribution in [0.25, 0.3) is 16.6 Å². The predicted molar refractivity (Wildman–Crippen MR) is 75.7 cm³/mol. The Hall–Kier alpha value is -1.54. The van der Waals surface area contributed by atoms with Crippen molar-refractivity contribution in [2.24, 2.45) is 0 Å². The van der Waals surface area contributed by atoms with Crippen LogP contribution in [-0.2, 0) is 0 Å². The minimum absolute atomic E-state index is 1.09. The molecule has 0 spiro atoms. The molecule has 0 aliphatic heterocycles. The van der Waals surface area contributed by atoms with E-state index >= 15 is 0 Å². The van der Waals surface area contributed by atoms with E-state index in [1.807, 2.05) is 6.07 Å². The van der Waals surface area contributed by atoms with E-state index in [4.69, 9.17) is 0 Å². The molecule has 3 aromatic rings. The first-order valence-electron chi connectivity index (χ1n) is 5.59. The fourth-order valence-corrected chi connectivity index (χ4v) is 2.76. The molecule has 17 heavy (non-hydrogen) atoms. The van der Waals surface area contributed by atoms with Gasteiger partial charge >= 0.3 is 0 Å². The van der Waals surface area contributed by atoms with Gasteiger partial charge in [-0.1, -0.05) is 30.3 Å². The second-order valence-electron chi connectivity index (χ2n) is 4.20. The predicted octanol–water partition coefficient (Wildman–Crippen LogP) is 4.70. The quantitative estimate of drug-likeness (QED) is 0.611. The molecule has 0 saturated carbocycles. The molecule has 0 bridgehead atoms. The van der Waals surface area contributed by atoms with Crippen molar-refractivity contribution in [3.63, 3.8) is 0 Å². The van der Waals surface area contributed by atoms with Crippen molar-refractivity contribution >= 4 is 26.8 Å². The van der Waals surface area contributed by atoms with E-state index in [1.165, 1.54) is 22.2 Å². The van der Waals surface area contributed by atoms with Gasteiger partial charge < -0.3 is 4.57 Å². The van der Waals surface area contributed by atoms with Crippen LogP contribution in [0.1, 0.15) is 5.56 Å². The average molecular weight is 286 g/mol. The first-order valence-corrected chi connectivity index (χ1v) is 6.38.